The van der Waals surface area contributed by atoms with E-state index in [1.807, 2.05) is 0 Å². The predicted molar refractivity (Wildman–Crippen MR) is 243 cm³/mol. The fourth-order valence-electron chi connectivity index (χ4n) is 10.8. The molecule has 0 saturated heterocycles. The number of fused-ring (bicyclic) bond motifs is 18. The molecule has 2 aliphatic carbocycles. The van der Waals surface area contributed by atoms with Crippen molar-refractivity contribution in [3.8, 4) is 50.3 Å². The van der Waals surface area contributed by atoms with Crippen LogP contribution in [0, 0.1) is 0 Å². The Morgan fingerprint density at radius 1 is 0.293 bits per heavy atom. The van der Waals surface area contributed by atoms with Gasteiger partial charge in [0.25, 0.3) is 0 Å². The molecule has 10 aromatic carbocycles. The summed E-state index contributed by atoms with van der Waals surface area (Å²) in [6, 6.07) is 79.2. The van der Waals surface area contributed by atoms with Crippen molar-refractivity contribution < 1.29 is 0 Å². The van der Waals surface area contributed by atoms with Gasteiger partial charge in [-0.2, -0.15) is 0 Å². The molecule has 0 aliphatic heterocycles. The largest absolute Gasteiger partial charge is 0.309 e. The summed E-state index contributed by atoms with van der Waals surface area (Å²) in [6.45, 7) is 0. The molecule has 0 fully saturated rings. The zero-order chi connectivity index (χ0) is 38.0. The first-order valence-electron chi connectivity index (χ1n) is 20.3. The van der Waals surface area contributed by atoms with Gasteiger partial charge in [-0.3, -0.25) is 0 Å². The number of hydrogen-bond acceptors (Lipinski definition) is 0. The number of para-hydroxylation sites is 1. The van der Waals surface area contributed by atoms with Crippen molar-refractivity contribution in [2.24, 2.45) is 0 Å². The molecule has 0 bridgehead atoms. The molecule has 0 amide bonds. The molecule has 1 spiro atoms. The van der Waals surface area contributed by atoms with Gasteiger partial charge in [0.05, 0.1) is 16.6 Å². The van der Waals surface area contributed by atoms with Crippen LogP contribution < -0.4 is 0 Å². The Labute approximate surface area is 336 Å². The maximum absolute atomic E-state index is 2.54. The molecule has 11 aromatic rings. The van der Waals surface area contributed by atoms with Gasteiger partial charge in [0.15, 0.2) is 0 Å². The Morgan fingerprint density at radius 3 is 1.45 bits per heavy atom. The quantitative estimate of drug-likeness (QED) is 0.159. The Morgan fingerprint density at radius 2 is 0.776 bits per heavy atom. The Balaban J connectivity index is 1.05. The lowest BCUT2D eigenvalue weighted by Gasteiger charge is -2.30. The highest BCUT2D eigenvalue weighted by molar-refractivity contribution is 6.25. The molecular formula is C57H35N. The number of aromatic nitrogens is 1. The van der Waals surface area contributed by atoms with E-state index in [0.717, 1.165) is 5.69 Å². The maximum atomic E-state index is 2.54. The lowest BCUT2D eigenvalue weighted by atomic mass is 9.70. The molecule has 1 heteroatoms. The third-order valence-electron chi connectivity index (χ3n) is 13.2. The van der Waals surface area contributed by atoms with Crippen molar-refractivity contribution in [1.82, 2.24) is 4.57 Å². The van der Waals surface area contributed by atoms with E-state index in [2.05, 4.69) is 217 Å². The van der Waals surface area contributed by atoms with Gasteiger partial charge in [0.1, 0.15) is 0 Å². The molecule has 0 saturated carbocycles. The van der Waals surface area contributed by atoms with Crippen molar-refractivity contribution in [1.29, 1.82) is 0 Å². The van der Waals surface area contributed by atoms with Gasteiger partial charge in [0.2, 0.25) is 0 Å². The van der Waals surface area contributed by atoms with Crippen LogP contribution in [-0.4, -0.2) is 4.57 Å². The van der Waals surface area contributed by atoms with E-state index in [4.69, 9.17) is 0 Å². The Bertz CT molecular complexity index is 3410. The molecule has 1 nitrogen and oxygen atoms in total. The monoisotopic (exact) mass is 733 g/mol. The van der Waals surface area contributed by atoms with Gasteiger partial charge in [-0.05, 0) is 113 Å². The Hall–Kier alpha value is -7.48. The second-order valence-corrected chi connectivity index (χ2v) is 15.9. The summed E-state index contributed by atoms with van der Waals surface area (Å²) in [5, 5.41) is 9.07. The van der Waals surface area contributed by atoms with E-state index in [0.29, 0.717) is 0 Å². The van der Waals surface area contributed by atoms with E-state index >= 15 is 0 Å². The molecular weight excluding hydrogens is 699 g/mol. The lowest BCUT2D eigenvalue weighted by molar-refractivity contribution is 0.801. The van der Waals surface area contributed by atoms with Crippen LogP contribution >= 0.6 is 0 Å². The van der Waals surface area contributed by atoms with E-state index in [1.165, 1.54) is 110 Å². The second kappa shape index (κ2) is 11.8. The van der Waals surface area contributed by atoms with E-state index in [9.17, 15) is 0 Å². The van der Waals surface area contributed by atoms with E-state index < -0.39 is 5.41 Å². The zero-order valence-corrected chi connectivity index (χ0v) is 31.7. The van der Waals surface area contributed by atoms with Gasteiger partial charge >= 0.3 is 0 Å². The summed E-state index contributed by atoms with van der Waals surface area (Å²) in [5.41, 5.74) is 17.5. The van der Waals surface area contributed by atoms with Crippen LogP contribution in [0.1, 0.15) is 22.3 Å². The minimum Gasteiger partial charge on any atom is -0.309 e. The van der Waals surface area contributed by atoms with Gasteiger partial charge < -0.3 is 4.57 Å². The van der Waals surface area contributed by atoms with Crippen LogP contribution in [0.5, 0.6) is 0 Å². The van der Waals surface area contributed by atoms with Gasteiger partial charge in [-0.15, -0.1) is 0 Å². The number of nitrogens with zero attached hydrogens (tertiary/aromatic N) is 1. The fourth-order valence-corrected chi connectivity index (χ4v) is 10.8. The zero-order valence-electron chi connectivity index (χ0n) is 31.7. The summed E-state index contributed by atoms with van der Waals surface area (Å²) in [4.78, 5) is 0. The third-order valence-corrected chi connectivity index (χ3v) is 13.2. The van der Waals surface area contributed by atoms with Gasteiger partial charge in [0, 0.05) is 22.2 Å². The van der Waals surface area contributed by atoms with Crippen molar-refractivity contribution in [2.75, 3.05) is 0 Å². The molecule has 268 valence electrons. The molecule has 1 aromatic heterocycles. The molecule has 0 atom stereocenters. The summed E-state index contributed by atoms with van der Waals surface area (Å²) < 4.78 is 2.54. The second-order valence-electron chi connectivity index (χ2n) is 15.9. The predicted octanol–water partition coefficient (Wildman–Crippen LogP) is 14.8. The molecule has 2 aliphatic rings. The average molecular weight is 734 g/mol. The van der Waals surface area contributed by atoms with Crippen LogP contribution in [0.2, 0.25) is 0 Å². The highest BCUT2D eigenvalue weighted by Gasteiger charge is 2.54. The summed E-state index contributed by atoms with van der Waals surface area (Å²) in [6.07, 6.45) is 0. The van der Waals surface area contributed by atoms with Crippen LogP contribution in [0.3, 0.4) is 0 Å². The number of rotatable bonds is 3. The topological polar surface area (TPSA) is 4.93 Å². The average Bonchev–Trinajstić information content (AvgIpc) is 3.91. The first-order chi connectivity index (χ1) is 28.8. The van der Waals surface area contributed by atoms with Crippen molar-refractivity contribution in [2.45, 2.75) is 5.41 Å². The minimum atomic E-state index is -0.467. The van der Waals surface area contributed by atoms with Gasteiger partial charge in [-0.25, -0.2) is 0 Å². The molecule has 0 unspecified atom stereocenters. The lowest BCUT2D eigenvalue weighted by Crippen LogP contribution is -2.25. The highest BCUT2D eigenvalue weighted by Crippen LogP contribution is 2.65. The minimum absolute atomic E-state index is 0.467. The summed E-state index contributed by atoms with van der Waals surface area (Å²) >= 11 is 0. The first kappa shape index (κ1) is 31.7. The fraction of sp³-hybridized carbons (Fsp3) is 0.0175. The summed E-state index contributed by atoms with van der Waals surface area (Å²) in [5.74, 6) is 0. The summed E-state index contributed by atoms with van der Waals surface area (Å²) in [7, 11) is 0. The molecule has 1 heterocycles. The van der Waals surface area contributed by atoms with Crippen LogP contribution in [-0.2, 0) is 5.41 Å². The third kappa shape index (κ3) is 4.10. The molecule has 13 rings (SSSR count). The standard InChI is InChI=1S/C57H35N/c1-2-14-36(15-3-1)39-29-33-48-53(35-39)57(51-23-11-8-20-46(51)47-21-9-12-24-52(47)57)55-49-22-10-13-25-54(49)58(56(48)55)40-30-26-37(27-31-40)38-28-32-45-43-18-5-4-16-41(43)42-17-6-7-19-44(42)50(45)34-38/h1-35H. The number of hydrogen-bond donors (Lipinski definition) is 0. The smallest absolute Gasteiger partial charge is 0.0747 e. The van der Waals surface area contributed by atoms with Crippen molar-refractivity contribution in [3.63, 3.8) is 0 Å². The van der Waals surface area contributed by atoms with Crippen LogP contribution in [0.15, 0.2) is 212 Å². The number of benzene rings is 10. The first-order valence-corrected chi connectivity index (χ1v) is 20.3. The SMILES string of the molecule is c1ccc(-c2ccc3c(c2)C2(c4ccccc4-c4ccccc42)c2c-3n(-c3ccc(-c4ccc5c6ccccc6c6ccccc6c5c4)cc3)c3ccccc23)cc1. The Kier molecular flexibility index (Phi) is 6.43. The molecule has 0 N–H and O–H groups in total. The highest BCUT2D eigenvalue weighted by atomic mass is 15.0. The van der Waals surface area contributed by atoms with Crippen LogP contribution in [0.4, 0.5) is 0 Å². The molecule has 58 heavy (non-hydrogen) atoms. The van der Waals surface area contributed by atoms with E-state index in [-0.39, 0.29) is 0 Å². The van der Waals surface area contributed by atoms with Gasteiger partial charge in [-0.1, -0.05) is 182 Å². The van der Waals surface area contributed by atoms with E-state index in [1.54, 1.807) is 0 Å². The normalized spacial score (nSPS) is 13.3. The van der Waals surface area contributed by atoms with Crippen LogP contribution in [0.25, 0.3) is 93.5 Å². The maximum Gasteiger partial charge on any atom is 0.0747 e. The van der Waals surface area contributed by atoms with Crippen molar-refractivity contribution >= 4 is 43.2 Å². The van der Waals surface area contributed by atoms with Crippen molar-refractivity contribution in [3.05, 3.63) is 235 Å². The molecule has 0 radical (unpaired) electrons.